The van der Waals surface area contributed by atoms with E-state index < -0.39 is 0 Å². The summed E-state index contributed by atoms with van der Waals surface area (Å²) in [6, 6.07) is 2.32. The van der Waals surface area contributed by atoms with Gasteiger partial charge in [-0.3, -0.25) is 4.79 Å². The number of hydrogen-bond donors (Lipinski definition) is 0. The van der Waals surface area contributed by atoms with Crippen molar-refractivity contribution < 1.29 is 4.79 Å². The van der Waals surface area contributed by atoms with Gasteiger partial charge < -0.3 is 4.90 Å². The highest BCUT2D eigenvalue weighted by Gasteiger charge is 2.24. The average molecular weight is 248 g/mol. The molecule has 0 bridgehead atoms. The highest BCUT2D eigenvalue weighted by Crippen LogP contribution is 2.27. The van der Waals surface area contributed by atoms with E-state index in [2.05, 4.69) is 6.07 Å². The van der Waals surface area contributed by atoms with Crippen LogP contribution in [0.5, 0.6) is 0 Å². The summed E-state index contributed by atoms with van der Waals surface area (Å²) in [5, 5.41) is 8.85. The van der Waals surface area contributed by atoms with E-state index in [0.29, 0.717) is 11.8 Å². The van der Waals surface area contributed by atoms with Gasteiger partial charge in [0.05, 0.1) is 6.07 Å². The van der Waals surface area contributed by atoms with E-state index in [1.807, 2.05) is 4.90 Å². The molecule has 3 nitrogen and oxygen atoms in total. The average Bonchev–Trinajstić information content (AvgIpc) is 2.67. The Morgan fingerprint density at radius 3 is 2.22 bits per heavy atom. The lowest BCUT2D eigenvalue weighted by molar-refractivity contribution is -0.133. The summed E-state index contributed by atoms with van der Waals surface area (Å²) in [7, 11) is 0. The van der Waals surface area contributed by atoms with Gasteiger partial charge in [0.2, 0.25) is 5.91 Å². The maximum absolute atomic E-state index is 12.2. The number of hydrogen-bond acceptors (Lipinski definition) is 2. The first-order valence-electron chi connectivity index (χ1n) is 7.47. The molecule has 0 atom stereocenters. The second kappa shape index (κ2) is 6.78. The molecule has 0 radical (unpaired) electrons. The fourth-order valence-electron chi connectivity index (χ4n) is 3.20. The van der Waals surface area contributed by atoms with E-state index in [9.17, 15) is 4.79 Å². The van der Waals surface area contributed by atoms with Crippen LogP contribution in [-0.4, -0.2) is 23.9 Å². The summed E-state index contributed by atoms with van der Waals surface area (Å²) >= 11 is 0. The predicted molar refractivity (Wildman–Crippen MR) is 70.7 cm³/mol. The molecule has 0 N–H and O–H groups in total. The highest BCUT2D eigenvalue weighted by molar-refractivity contribution is 5.76. The van der Waals surface area contributed by atoms with Crippen molar-refractivity contribution in [1.82, 2.24) is 4.90 Å². The van der Waals surface area contributed by atoms with Gasteiger partial charge in [0.15, 0.2) is 0 Å². The summed E-state index contributed by atoms with van der Waals surface area (Å²) < 4.78 is 0. The molecular formula is C15H24N2O. The van der Waals surface area contributed by atoms with Gasteiger partial charge in [-0.2, -0.15) is 5.26 Å². The Kier molecular flexibility index (Phi) is 5.04. The minimum absolute atomic E-state index is 0.173. The number of rotatable bonds is 2. The summed E-state index contributed by atoms with van der Waals surface area (Å²) in [4.78, 5) is 14.2. The zero-order valence-corrected chi connectivity index (χ0v) is 11.2. The van der Waals surface area contributed by atoms with E-state index in [1.165, 1.54) is 38.5 Å². The van der Waals surface area contributed by atoms with Crippen molar-refractivity contribution in [2.24, 2.45) is 11.8 Å². The number of piperidine rings is 1. The predicted octanol–water partition coefficient (Wildman–Crippen LogP) is 3.11. The number of carbonyl (C=O) groups excluding carboxylic acids is 1. The first-order chi connectivity index (χ1) is 8.79. The maximum atomic E-state index is 12.2. The smallest absolute Gasteiger partial charge is 0.222 e. The summed E-state index contributed by atoms with van der Waals surface area (Å²) in [6.45, 7) is 1.59. The van der Waals surface area contributed by atoms with Crippen molar-refractivity contribution >= 4 is 5.91 Å². The van der Waals surface area contributed by atoms with Crippen molar-refractivity contribution in [2.75, 3.05) is 13.1 Å². The Bertz CT molecular complexity index is 305. The topological polar surface area (TPSA) is 44.1 Å². The number of carbonyl (C=O) groups is 1. The van der Waals surface area contributed by atoms with E-state index >= 15 is 0 Å². The van der Waals surface area contributed by atoms with Crippen LogP contribution in [0.1, 0.15) is 57.8 Å². The van der Waals surface area contributed by atoms with Crippen LogP contribution < -0.4 is 0 Å². The highest BCUT2D eigenvalue weighted by atomic mass is 16.2. The van der Waals surface area contributed by atoms with Crippen molar-refractivity contribution in [2.45, 2.75) is 57.8 Å². The van der Waals surface area contributed by atoms with Gasteiger partial charge in [-0.1, -0.05) is 25.7 Å². The normalized spacial score (nSPS) is 23.4. The van der Waals surface area contributed by atoms with Gasteiger partial charge in [-0.15, -0.1) is 0 Å². The second-order valence-electron chi connectivity index (χ2n) is 5.85. The Hall–Kier alpha value is -1.04. The quantitative estimate of drug-likeness (QED) is 0.705. The zero-order valence-electron chi connectivity index (χ0n) is 11.2. The number of nitrogens with zero attached hydrogens (tertiary/aromatic N) is 2. The molecule has 1 amide bonds. The van der Waals surface area contributed by atoms with Crippen LogP contribution in [0, 0.1) is 23.2 Å². The lowest BCUT2D eigenvalue weighted by Gasteiger charge is -2.30. The van der Waals surface area contributed by atoms with Gasteiger partial charge in [-0.25, -0.2) is 0 Å². The molecule has 2 rings (SSSR count). The van der Waals surface area contributed by atoms with Crippen LogP contribution in [0.4, 0.5) is 0 Å². The first kappa shape index (κ1) is 13.4. The Morgan fingerprint density at radius 1 is 1.06 bits per heavy atom. The largest absolute Gasteiger partial charge is 0.343 e. The summed E-state index contributed by atoms with van der Waals surface area (Å²) in [5.41, 5.74) is 0. The van der Waals surface area contributed by atoms with E-state index in [-0.39, 0.29) is 5.92 Å². The molecule has 100 valence electrons. The molecule has 1 aliphatic carbocycles. The fourth-order valence-corrected chi connectivity index (χ4v) is 3.20. The van der Waals surface area contributed by atoms with Crippen molar-refractivity contribution in [3.63, 3.8) is 0 Å². The molecule has 18 heavy (non-hydrogen) atoms. The van der Waals surface area contributed by atoms with Crippen molar-refractivity contribution in [3.8, 4) is 6.07 Å². The third-order valence-corrected chi connectivity index (χ3v) is 4.47. The molecule has 0 spiro atoms. The van der Waals surface area contributed by atoms with Crippen LogP contribution in [0.25, 0.3) is 0 Å². The number of nitriles is 1. The van der Waals surface area contributed by atoms with Gasteiger partial charge in [0.25, 0.3) is 0 Å². The fraction of sp³-hybridized carbons (Fsp3) is 0.867. The van der Waals surface area contributed by atoms with Crippen LogP contribution in [0.3, 0.4) is 0 Å². The SMILES string of the molecule is N#CC1CCN(C(=O)CC2CCCCCC2)CC1. The minimum Gasteiger partial charge on any atom is -0.343 e. The lowest BCUT2D eigenvalue weighted by Crippen LogP contribution is -2.38. The maximum Gasteiger partial charge on any atom is 0.222 e. The molecule has 1 aliphatic heterocycles. The van der Waals surface area contributed by atoms with Gasteiger partial charge in [0.1, 0.15) is 0 Å². The Morgan fingerprint density at radius 2 is 1.67 bits per heavy atom. The zero-order chi connectivity index (χ0) is 12.8. The van der Waals surface area contributed by atoms with Crippen molar-refractivity contribution in [1.29, 1.82) is 5.26 Å². The molecular weight excluding hydrogens is 224 g/mol. The second-order valence-corrected chi connectivity index (χ2v) is 5.85. The van der Waals surface area contributed by atoms with E-state index in [1.54, 1.807) is 0 Å². The molecule has 1 heterocycles. The third-order valence-electron chi connectivity index (χ3n) is 4.47. The number of likely N-dealkylation sites (tertiary alicyclic amines) is 1. The monoisotopic (exact) mass is 248 g/mol. The molecule has 2 aliphatic rings. The summed E-state index contributed by atoms with van der Waals surface area (Å²) in [6.07, 6.45) is 10.2. The first-order valence-corrected chi connectivity index (χ1v) is 7.47. The summed E-state index contributed by atoms with van der Waals surface area (Å²) in [5.74, 6) is 1.12. The molecule has 0 aromatic rings. The third kappa shape index (κ3) is 3.73. The molecule has 1 saturated heterocycles. The number of amides is 1. The Balaban J connectivity index is 1.76. The van der Waals surface area contributed by atoms with Crippen LogP contribution >= 0.6 is 0 Å². The lowest BCUT2D eigenvalue weighted by atomic mass is 9.94. The van der Waals surface area contributed by atoms with E-state index in [0.717, 1.165) is 32.4 Å². The van der Waals surface area contributed by atoms with Gasteiger partial charge in [0, 0.05) is 25.4 Å². The standard InChI is InChI=1S/C15H24N2O/c16-12-14-7-9-17(10-8-14)15(18)11-13-5-3-1-2-4-6-13/h13-14H,1-11H2. The van der Waals surface area contributed by atoms with Gasteiger partial charge >= 0.3 is 0 Å². The van der Waals surface area contributed by atoms with Gasteiger partial charge in [-0.05, 0) is 31.6 Å². The minimum atomic E-state index is 0.173. The molecule has 0 unspecified atom stereocenters. The van der Waals surface area contributed by atoms with Crippen LogP contribution in [0.15, 0.2) is 0 Å². The molecule has 1 saturated carbocycles. The molecule has 0 aromatic carbocycles. The Labute approximate surface area is 110 Å². The van der Waals surface area contributed by atoms with Crippen LogP contribution in [0.2, 0.25) is 0 Å². The van der Waals surface area contributed by atoms with E-state index in [4.69, 9.17) is 5.26 Å². The molecule has 0 aromatic heterocycles. The molecule has 3 heteroatoms. The molecule has 2 fully saturated rings. The van der Waals surface area contributed by atoms with Crippen molar-refractivity contribution in [3.05, 3.63) is 0 Å². The van der Waals surface area contributed by atoms with Crippen LogP contribution in [-0.2, 0) is 4.79 Å².